The van der Waals surface area contributed by atoms with Gasteiger partial charge in [-0.1, -0.05) is 13.3 Å². The predicted octanol–water partition coefficient (Wildman–Crippen LogP) is 5.21. The monoisotopic (exact) mass is 413 g/mol. The second-order valence-corrected chi connectivity index (χ2v) is 6.45. The molecule has 4 nitrogen and oxygen atoms in total. The summed E-state index contributed by atoms with van der Waals surface area (Å²) >= 11 is 0. The third-order valence-corrected chi connectivity index (χ3v) is 4.16. The van der Waals surface area contributed by atoms with Gasteiger partial charge in [-0.25, -0.2) is 31.9 Å². The number of benzene rings is 1. The molecule has 29 heavy (non-hydrogen) atoms. The molecule has 0 N–H and O–H groups in total. The molecule has 1 atom stereocenters. The van der Waals surface area contributed by atoms with Crippen LogP contribution < -0.4 is 0 Å². The van der Waals surface area contributed by atoms with Crippen LogP contribution in [0.5, 0.6) is 0 Å². The number of aldehydes is 1. The van der Waals surface area contributed by atoms with Crippen LogP contribution in [0.25, 0.3) is 17.5 Å². The Morgan fingerprint density at radius 3 is 2.34 bits per heavy atom. The number of aromatic nitrogens is 2. The fraction of sp³-hybridized carbons (Fsp3) is 0.350. The highest BCUT2D eigenvalue weighted by Gasteiger charge is 2.20. The molecule has 1 unspecified atom stereocenters. The van der Waals surface area contributed by atoms with E-state index in [2.05, 4.69) is 9.97 Å². The molecule has 0 aliphatic carbocycles. The van der Waals surface area contributed by atoms with Crippen LogP contribution in [-0.4, -0.2) is 40.9 Å². The van der Waals surface area contributed by atoms with Crippen LogP contribution in [0.3, 0.4) is 0 Å². The Morgan fingerprint density at radius 1 is 1.14 bits per heavy atom. The molecule has 0 saturated heterocycles. The number of rotatable bonds is 9. The van der Waals surface area contributed by atoms with Gasteiger partial charge in [-0.3, -0.25) is 4.79 Å². The molecule has 2 aromatic rings. The fourth-order valence-electron chi connectivity index (χ4n) is 2.66. The van der Waals surface area contributed by atoms with Gasteiger partial charge in [-0.15, -0.1) is 0 Å². The van der Waals surface area contributed by atoms with Crippen molar-refractivity contribution in [3.63, 3.8) is 0 Å². The van der Waals surface area contributed by atoms with E-state index in [1.165, 1.54) is 17.2 Å². The zero-order valence-electron chi connectivity index (χ0n) is 15.9. The third-order valence-electron chi connectivity index (χ3n) is 4.16. The summed E-state index contributed by atoms with van der Waals surface area (Å²) in [4.78, 5) is 20.1. The lowest BCUT2D eigenvalue weighted by Gasteiger charge is -2.17. The van der Waals surface area contributed by atoms with Crippen molar-refractivity contribution in [2.45, 2.75) is 32.4 Å². The number of alkyl halides is 3. The molecule has 0 bridgehead atoms. The second-order valence-electron chi connectivity index (χ2n) is 6.45. The van der Waals surface area contributed by atoms with E-state index in [1.54, 1.807) is 7.05 Å². The van der Waals surface area contributed by atoms with E-state index < -0.39 is 35.4 Å². The van der Waals surface area contributed by atoms with Crippen molar-refractivity contribution < 1.29 is 26.7 Å². The first kappa shape index (κ1) is 22.4. The largest absolute Gasteiger partial charge is 0.377 e. The molecule has 0 fully saturated rings. The molecule has 156 valence electrons. The molecule has 9 heteroatoms. The average Bonchev–Trinajstić information content (AvgIpc) is 2.69. The molecular formula is C20H20F5N3O. The standard InChI is InChI=1S/C20H20F5N3O/c1-3-4-14(21)10-28(2)6-5-12-7-15(17(22)18(23)16(12)11-29)20-26-8-13(9-27-20)19(24)25/h5-9,11,14,19H,3-4,10H2,1-2H3/b6-5-. The van der Waals surface area contributed by atoms with E-state index in [4.69, 9.17) is 0 Å². The zero-order chi connectivity index (χ0) is 21.6. The van der Waals surface area contributed by atoms with Crippen LogP contribution in [0.15, 0.2) is 24.7 Å². The first-order valence-corrected chi connectivity index (χ1v) is 8.88. The van der Waals surface area contributed by atoms with Crippen molar-refractivity contribution in [3.05, 3.63) is 53.0 Å². The van der Waals surface area contributed by atoms with Gasteiger partial charge >= 0.3 is 0 Å². The molecule has 1 aromatic heterocycles. The Morgan fingerprint density at radius 2 is 1.79 bits per heavy atom. The molecule has 0 spiro atoms. The van der Waals surface area contributed by atoms with Gasteiger partial charge in [0, 0.05) is 26.0 Å². The average molecular weight is 413 g/mol. The second kappa shape index (κ2) is 10.1. The maximum atomic E-state index is 14.4. The molecule has 1 aromatic carbocycles. The number of carbonyl (C=O) groups is 1. The van der Waals surface area contributed by atoms with E-state index in [0.717, 1.165) is 18.5 Å². The number of hydrogen-bond donors (Lipinski definition) is 0. The highest BCUT2D eigenvalue weighted by Crippen LogP contribution is 2.28. The maximum absolute atomic E-state index is 14.4. The number of carbonyl (C=O) groups excluding carboxylic acids is 1. The Labute approximate surface area is 165 Å². The third kappa shape index (κ3) is 5.58. The normalized spacial score (nSPS) is 12.6. The summed E-state index contributed by atoms with van der Waals surface area (Å²) in [5.41, 5.74) is -1.35. The quantitative estimate of drug-likeness (QED) is 0.418. The van der Waals surface area contributed by atoms with Gasteiger partial charge < -0.3 is 4.90 Å². The summed E-state index contributed by atoms with van der Waals surface area (Å²) < 4.78 is 67.7. The predicted molar refractivity (Wildman–Crippen MR) is 99.2 cm³/mol. The first-order valence-electron chi connectivity index (χ1n) is 8.88. The number of halogens is 5. The molecule has 0 saturated carbocycles. The van der Waals surface area contributed by atoms with Gasteiger partial charge in [0.05, 0.1) is 16.7 Å². The molecule has 0 aliphatic heterocycles. The smallest absolute Gasteiger partial charge is 0.266 e. The Hall–Kier alpha value is -2.84. The van der Waals surface area contributed by atoms with Crippen molar-refractivity contribution in [2.24, 2.45) is 0 Å². The van der Waals surface area contributed by atoms with E-state index in [9.17, 15) is 26.7 Å². The highest BCUT2D eigenvalue weighted by molar-refractivity contribution is 5.84. The van der Waals surface area contributed by atoms with E-state index in [0.29, 0.717) is 12.8 Å². The lowest BCUT2D eigenvalue weighted by atomic mass is 10.0. The minimum Gasteiger partial charge on any atom is -0.377 e. The van der Waals surface area contributed by atoms with Crippen LogP contribution in [0.1, 0.15) is 47.7 Å². The summed E-state index contributed by atoms with van der Waals surface area (Å²) in [5, 5.41) is 0. The van der Waals surface area contributed by atoms with Gasteiger partial charge in [-0.2, -0.15) is 0 Å². The summed E-state index contributed by atoms with van der Waals surface area (Å²) in [7, 11) is 1.60. The minimum atomic E-state index is -2.80. The highest BCUT2D eigenvalue weighted by atomic mass is 19.3. The van der Waals surface area contributed by atoms with Crippen LogP contribution in [0, 0.1) is 11.6 Å². The van der Waals surface area contributed by atoms with E-state index in [-0.39, 0.29) is 29.8 Å². The topological polar surface area (TPSA) is 46.1 Å². The van der Waals surface area contributed by atoms with Crippen LogP contribution in [-0.2, 0) is 0 Å². The van der Waals surface area contributed by atoms with Crippen molar-refractivity contribution >= 4 is 12.4 Å². The Kier molecular flexibility index (Phi) is 7.81. The molecule has 0 radical (unpaired) electrons. The van der Waals surface area contributed by atoms with E-state index >= 15 is 0 Å². The Bertz CT molecular complexity index is 871. The fourth-order valence-corrected chi connectivity index (χ4v) is 2.66. The van der Waals surface area contributed by atoms with Gasteiger partial charge in [0.15, 0.2) is 23.7 Å². The zero-order valence-corrected chi connectivity index (χ0v) is 15.9. The maximum Gasteiger partial charge on any atom is 0.266 e. The summed E-state index contributed by atoms with van der Waals surface area (Å²) in [6.45, 7) is 1.95. The van der Waals surface area contributed by atoms with Gasteiger partial charge in [0.1, 0.15) is 6.17 Å². The van der Waals surface area contributed by atoms with Crippen molar-refractivity contribution in [1.82, 2.24) is 14.9 Å². The minimum absolute atomic E-state index is 0.0215. The lowest BCUT2D eigenvalue weighted by molar-refractivity contribution is 0.111. The van der Waals surface area contributed by atoms with E-state index in [1.807, 2.05) is 6.92 Å². The van der Waals surface area contributed by atoms with Crippen molar-refractivity contribution in [1.29, 1.82) is 0 Å². The number of hydrogen-bond acceptors (Lipinski definition) is 4. The van der Waals surface area contributed by atoms with Crippen LogP contribution in [0.4, 0.5) is 22.0 Å². The van der Waals surface area contributed by atoms with Crippen LogP contribution >= 0.6 is 0 Å². The van der Waals surface area contributed by atoms with Gasteiger partial charge in [0.25, 0.3) is 6.43 Å². The van der Waals surface area contributed by atoms with Gasteiger partial charge in [0.2, 0.25) is 0 Å². The molecule has 0 amide bonds. The molecule has 2 rings (SSSR count). The lowest BCUT2D eigenvalue weighted by Crippen LogP contribution is -2.21. The molecule has 0 aliphatic rings. The van der Waals surface area contributed by atoms with Crippen LogP contribution in [0.2, 0.25) is 0 Å². The summed E-state index contributed by atoms with van der Waals surface area (Å²) in [6.07, 6.45) is 1.79. The number of nitrogens with zero attached hydrogens (tertiary/aromatic N) is 3. The summed E-state index contributed by atoms with van der Waals surface area (Å²) in [5.74, 6) is -3.08. The van der Waals surface area contributed by atoms with Crippen molar-refractivity contribution in [2.75, 3.05) is 13.6 Å². The molecule has 1 heterocycles. The van der Waals surface area contributed by atoms with Gasteiger partial charge in [-0.05, 0) is 30.3 Å². The molecular weight excluding hydrogens is 393 g/mol. The first-order chi connectivity index (χ1) is 13.8. The Balaban J connectivity index is 2.39. The SMILES string of the molecule is CCCC(F)CN(C)/C=C\c1cc(-c2ncc(C(F)F)cn2)c(F)c(F)c1C=O. The summed E-state index contributed by atoms with van der Waals surface area (Å²) in [6, 6.07) is 1.14. The van der Waals surface area contributed by atoms with Crippen molar-refractivity contribution in [3.8, 4) is 11.4 Å².